The SMILES string of the molecule is CCCCCCCCCCc1ccc(C(=O)Nc2cnc3ccccc3c2)cc1. The molecule has 1 N–H and O–H groups in total. The number of para-hydroxylation sites is 1. The second-order valence-corrected chi connectivity index (χ2v) is 7.79. The van der Waals surface area contributed by atoms with Crippen molar-refractivity contribution in [2.45, 2.75) is 64.7 Å². The number of unbranched alkanes of at least 4 members (excludes halogenated alkanes) is 7. The lowest BCUT2D eigenvalue weighted by atomic mass is 10.0. The quantitative estimate of drug-likeness (QED) is 0.354. The molecular formula is C26H32N2O. The highest BCUT2D eigenvalue weighted by atomic mass is 16.1. The van der Waals surface area contributed by atoms with Crippen molar-refractivity contribution in [2.75, 3.05) is 5.32 Å². The van der Waals surface area contributed by atoms with Crippen molar-refractivity contribution in [3.05, 3.63) is 71.9 Å². The molecule has 0 unspecified atom stereocenters. The average Bonchev–Trinajstić information content (AvgIpc) is 2.76. The molecule has 152 valence electrons. The first-order valence-electron chi connectivity index (χ1n) is 11.0. The summed E-state index contributed by atoms with van der Waals surface area (Å²) in [7, 11) is 0. The van der Waals surface area contributed by atoms with E-state index in [1.54, 1.807) is 6.20 Å². The number of amides is 1. The molecule has 0 aliphatic carbocycles. The van der Waals surface area contributed by atoms with Crippen molar-refractivity contribution in [1.82, 2.24) is 4.98 Å². The maximum Gasteiger partial charge on any atom is 0.255 e. The summed E-state index contributed by atoms with van der Waals surface area (Å²) >= 11 is 0. The Morgan fingerprint density at radius 3 is 2.31 bits per heavy atom. The molecule has 0 fully saturated rings. The molecule has 3 heteroatoms. The van der Waals surface area contributed by atoms with E-state index in [-0.39, 0.29) is 5.91 Å². The van der Waals surface area contributed by atoms with Gasteiger partial charge in [-0.05, 0) is 42.7 Å². The minimum absolute atomic E-state index is 0.0966. The van der Waals surface area contributed by atoms with Crippen LogP contribution in [0.5, 0.6) is 0 Å². The highest BCUT2D eigenvalue weighted by Gasteiger charge is 2.07. The Balaban J connectivity index is 1.43. The molecule has 3 nitrogen and oxygen atoms in total. The van der Waals surface area contributed by atoms with Gasteiger partial charge in [-0.2, -0.15) is 0 Å². The van der Waals surface area contributed by atoms with E-state index in [1.807, 2.05) is 42.5 Å². The summed E-state index contributed by atoms with van der Waals surface area (Å²) in [5, 5.41) is 3.97. The Kier molecular flexibility index (Phi) is 8.24. The third-order valence-electron chi connectivity index (χ3n) is 5.38. The smallest absolute Gasteiger partial charge is 0.255 e. The molecule has 3 rings (SSSR count). The average molecular weight is 389 g/mol. The van der Waals surface area contributed by atoms with E-state index in [0.29, 0.717) is 5.56 Å². The lowest BCUT2D eigenvalue weighted by molar-refractivity contribution is 0.102. The van der Waals surface area contributed by atoms with E-state index in [0.717, 1.165) is 23.0 Å². The monoisotopic (exact) mass is 388 g/mol. The number of rotatable bonds is 11. The Morgan fingerprint density at radius 1 is 0.862 bits per heavy atom. The van der Waals surface area contributed by atoms with Crippen molar-refractivity contribution >= 4 is 22.5 Å². The highest BCUT2D eigenvalue weighted by Crippen LogP contribution is 2.17. The summed E-state index contributed by atoms with van der Waals surface area (Å²) in [6.07, 6.45) is 13.5. The second kappa shape index (κ2) is 11.4. The molecule has 0 spiro atoms. The van der Waals surface area contributed by atoms with Gasteiger partial charge in [0.25, 0.3) is 5.91 Å². The fourth-order valence-corrected chi connectivity index (χ4v) is 3.63. The number of benzene rings is 2. The van der Waals surface area contributed by atoms with Gasteiger partial charge < -0.3 is 5.32 Å². The summed E-state index contributed by atoms with van der Waals surface area (Å²) in [5.74, 6) is -0.0966. The third kappa shape index (κ3) is 6.70. The van der Waals surface area contributed by atoms with Gasteiger partial charge in [-0.3, -0.25) is 9.78 Å². The zero-order chi connectivity index (χ0) is 20.3. The standard InChI is InChI=1S/C26H32N2O/c1-2-3-4-5-6-7-8-9-12-21-15-17-22(18-16-21)26(29)28-24-19-23-13-10-11-14-25(23)27-20-24/h10-11,13-20H,2-9,12H2,1H3,(H,28,29). The van der Waals surface area contributed by atoms with Crippen LogP contribution in [0, 0.1) is 0 Å². The fraction of sp³-hybridized carbons (Fsp3) is 0.385. The van der Waals surface area contributed by atoms with Crippen LogP contribution < -0.4 is 5.32 Å². The highest BCUT2D eigenvalue weighted by molar-refractivity contribution is 6.04. The van der Waals surface area contributed by atoms with E-state index in [2.05, 4.69) is 29.4 Å². The number of pyridine rings is 1. The molecule has 0 saturated carbocycles. The van der Waals surface area contributed by atoms with Crippen LogP contribution in [0.4, 0.5) is 5.69 Å². The molecule has 0 bridgehead atoms. The number of aryl methyl sites for hydroxylation is 1. The van der Waals surface area contributed by atoms with Crippen LogP contribution in [0.2, 0.25) is 0 Å². The molecule has 0 saturated heterocycles. The van der Waals surface area contributed by atoms with Crippen LogP contribution in [0.3, 0.4) is 0 Å². The normalized spacial score (nSPS) is 10.9. The van der Waals surface area contributed by atoms with Gasteiger partial charge in [-0.25, -0.2) is 0 Å². The number of hydrogen-bond donors (Lipinski definition) is 1. The molecule has 1 amide bonds. The van der Waals surface area contributed by atoms with E-state index in [9.17, 15) is 4.79 Å². The van der Waals surface area contributed by atoms with E-state index in [1.165, 1.54) is 56.9 Å². The molecule has 2 aromatic carbocycles. The molecule has 3 aromatic rings. The van der Waals surface area contributed by atoms with Crippen molar-refractivity contribution in [1.29, 1.82) is 0 Å². The van der Waals surface area contributed by atoms with Crippen LogP contribution in [0.15, 0.2) is 60.8 Å². The summed E-state index contributed by atoms with van der Waals surface area (Å²) in [4.78, 5) is 16.9. The Hall–Kier alpha value is -2.68. The van der Waals surface area contributed by atoms with Crippen LogP contribution in [0.1, 0.15) is 74.2 Å². The molecule has 0 aliphatic heterocycles. The van der Waals surface area contributed by atoms with Crippen LogP contribution in [-0.4, -0.2) is 10.9 Å². The second-order valence-electron chi connectivity index (χ2n) is 7.79. The molecule has 0 aliphatic rings. The van der Waals surface area contributed by atoms with Gasteiger partial charge in [0.15, 0.2) is 0 Å². The predicted molar refractivity (Wildman–Crippen MR) is 122 cm³/mol. The van der Waals surface area contributed by atoms with E-state index >= 15 is 0 Å². The maximum atomic E-state index is 12.5. The first-order chi connectivity index (χ1) is 14.3. The third-order valence-corrected chi connectivity index (χ3v) is 5.38. The predicted octanol–water partition coefficient (Wildman–Crippen LogP) is 7.17. The number of nitrogens with zero attached hydrogens (tertiary/aromatic N) is 1. The van der Waals surface area contributed by atoms with Gasteiger partial charge in [0.2, 0.25) is 0 Å². The maximum absolute atomic E-state index is 12.5. The number of fused-ring (bicyclic) bond motifs is 1. The molecule has 0 atom stereocenters. The minimum atomic E-state index is -0.0966. The number of nitrogens with one attached hydrogen (secondary N) is 1. The first kappa shape index (κ1) is 21.0. The van der Waals surface area contributed by atoms with Gasteiger partial charge in [0.05, 0.1) is 17.4 Å². The zero-order valence-corrected chi connectivity index (χ0v) is 17.5. The fourth-order valence-electron chi connectivity index (χ4n) is 3.63. The Labute approximate surface area is 174 Å². The van der Waals surface area contributed by atoms with Crippen LogP contribution in [-0.2, 0) is 6.42 Å². The zero-order valence-electron chi connectivity index (χ0n) is 17.5. The number of carbonyl (C=O) groups excluding carboxylic acids is 1. The number of carbonyl (C=O) groups is 1. The first-order valence-corrected chi connectivity index (χ1v) is 11.0. The van der Waals surface area contributed by atoms with Gasteiger partial charge in [-0.15, -0.1) is 0 Å². The largest absolute Gasteiger partial charge is 0.321 e. The van der Waals surface area contributed by atoms with Crippen molar-refractivity contribution in [3.63, 3.8) is 0 Å². The van der Waals surface area contributed by atoms with Crippen molar-refractivity contribution in [3.8, 4) is 0 Å². The molecule has 0 radical (unpaired) electrons. The summed E-state index contributed by atoms with van der Waals surface area (Å²) in [6.45, 7) is 2.26. The molecule has 29 heavy (non-hydrogen) atoms. The molecule has 1 aromatic heterocycles. The van der Waals surface area contributed by atoms with E-state index < -0.39 is 0 Å². The Morgan fingerprint density at radius 2 is 1.55 bits per heavy atom. The minimum Gasteiger partial charge on any atom is -0.321 e. The topological polar surface area (TPSA) is 42.0 Å². The number of anilines is 1. The summed E-state index contributed by atoms with van der Waals surface area (Å²) in [6, 6.07) is 17.8. The van der Waals surface area contributed by atoms with Crippen LogP contribution >= 0.6 is 0 Å². The summed E-state index contributed by atoms with van der Waals surface area (Å²) in [5.41, 5.74) is 3.63. The van der Waals surface area contributed by atoms with Gasteiger partial charge in [0.1, 0.15) is 0 Å². The van der Waals surface area contributed by atoms with E-state index in [4.69, 9.17) is 0 Å². The molecular weight excluding hydrogens is 356 g/mol. The van der Waals surface area contributed by atoms with Crippen LogP contribution in [0.25, 0.3) is 10.9 Å². The van der Waals surface area contributed by atoms with Gasteiger partial charge in [0, 0.05) is 10.9 Å². The van der Waals surface area contributed by atoms with Gasteiger partial charge in [-0.1, -0.05) is 82.2 Å². The lowest BCUT2D eigenvalue weighted by Gasteiger charge is -2.07. The molecule has 1 heterocycles. The number of hydrogen-bond acceptors (Lipinski definition) is 2. The van der Waals surface area contributed by atoms with Crippen molar-refractivity contribution in [2.24, 2.45) is 0 Å². The number of aromatic nitrogens is 1. The van der Waals surface area contributed by atoms with Crippen molar-refractivity contribution < 1.29 is 4.79 Å². The van der Waals surface area contributed by atoms with Gasteiger partial charge >= 0.3 is 0 Å². The lowest BCUT2D eigenvalue weighted by Crippen LogP contribution is -2.12. The Bertz CT molecular complexity index is 902. The summed E-state index contributed by atoms with van der Waals surface area (Å²) < 4.78 is 0.